The molecule has 2 fully saturated rings. The van der Waals surface area contributed by atoms with Crippen molar-refractivity contribution in [2.45, 2.75) is 58.5 Å². The Morgan fingerprint density at radius 1 is 1.35 bits per heavy atom. The Bertz CT molecular complexity index is 338. The van der Waals surface area contributed by atoms with Crippen LogP contribution in [0.1, 0.15) is 46.5 Å². The molecule has 96 valence electrons. The lowest BCUT2D eigenvalue weighted by atomic mass is 9.91. The smallest absolute Gasteiger partial charge is 0.245 e. The van der Waals surface area contributed by atoms with Crippen LogP contribution in [0.15, 0.2) is 0 Å². The lowest BCUT2D eigenvalue weighted by Gasteiger charge is -2.30. The molecule has 1 aliphatic heterocycles. The summed E-state index contributed by atoms with van der Waals surface area (Å²) in [6, 6.07) is -0.0404. The Balaban J connectivity index is 2.09. The quantitative estimate of drug-likeness (QED) is 0.748. The van der Waals surface area contributed by atoms with Crippen LogP contribution in [0.3, 0.4) is 0 Å². The highest BCUT2D eigenvalue weighted by Gasteiger charge is 2.38. The van der Waals surface area contributed by atoms with Crippen LogP contribution >= 0.6 is 0 Å². The maximum absolute atomic E-state index is 12.2. The first-order chi connectivity index (χ1) is 7.89. The summed E-state index contributed by atoms with van der Waals surface area (Å²) in [6.45, 7) is 6.86. The van der Waals surface area contributed by atoms with Crippen LogP contribution in [-0.4, -0.2) is 35.3 Å². The van der Waals surface area contributed by atoms with Gasteiger partial charge in [0.05, 0.1) is 0 Å². The highest BCUT2D eigenvalue weighted by atomic mass is 16.2. The molecule has 0 bridgehead atoms. The molecule has 4 heteroatoms. The third kappa shape index (κ3) is 2.61. The lowest BCUT2D eigenvalue weighted by Crippen LogP contribution is -2.46. The van der Waals surface area contributed by atoms with Crippen LogP contribution in [0.5, 0.6) is 0 Å². The lowest BCUT2D eigenvalue weighted by molar-refractivity contribution is -0.135. The van der Waals surface area contributed by atoms with Crippen molar-refractivity contribution in [2.75, 3.05) is 6.54 Å². The molecule has 0 radical (unpaired) electrons. The largest absolute Gasteiger partial charge is 0.345 e. The van der Waals surface area contributed by atoms with E-state index in [9.17, 15) is 9.59 Å². The first kappa shape index (κ1) is 12.4. The first-order valence-electron chi connectivity index (χ1n) is 6.49. The zero-order valence-corrected chi connectivity index (χ0v) is 11.0. The van der Waals surface area contributed by atoms with Crippen LogP contribution in [0.2, 0.25) is 0 Å². The average Bonchev–Trinajstić information content (AvgIpc) is 2.52. The van der Waals surface area contributed by atoms with Gasteiger partial charge in [0.1, 0.15) is 6.04 Å². The second-order valence-corrected chi connectivity index (χ2v) is 6.13. The molecule has 0 spiro atoms. The van der Waals surface area contributed by atoms with Crippen LogP contribution in [0.25, 0.3) is 0 Å². The molecule has 17 heavy (non-hydrogen) atoms. The summed E-state index contributed by atoms with van der Waals surface area (Å²) in [6.07, 6.45) is 3.73. The summed E-state index contributed by atoms with van der Waals surface area (Å²) >= 11 is 0. The van der Waals surface area contributed by atoms with Crippen molar-refractivity contribution in [3.05, 3.63) is 0 Å². The van der Waals surface area contributed by atoms with Gasteiger partial charge in [0.2, 0.25) is 11.8 Å². The first-order valence-corrected chi connectivity index (χ1v) is 6.49. The van der Waals surface area contributed by atoms with E-state index >= 15 is 0 Å². The maximum Gasteiger partial charge on any atom is 0.245 e. The van der Waals surface area contributed by atoms with E-state index in [0.717, 1.165) is 19.3 Å². The van der Waals surface area contributed by atoms with Crippen molar-refractivity contribution < 1.29 is 9.59 Å². The van der Waals surface area contributed by atoms with Gasteiger partial charge in [0, 0.05) is 19.0 Å². The molecule has 2 unspecified atom stereocenters. The maximum atomic E-state index is 12.2. The molecule has 1 saturated carbocycles. The number of hydrogen-bond donors (Lipinski definition) is 1. The van der Waals surface area contributed by atoms with Crippen LogP contribution < -0.4 is 5.32 Å². The van der Waals surface area contributed by atoms with Gasteiger partial charge >= 0.3 is 0 Å². The summed E-state index contributed by atoms with van der Waals surface area (Å²) in [7, 11) is 0. The molecule has 0 aromatic heterocycles. The van der Waals surface area contributed by atoms with E-state index in [1.165, 1.54) is 0 Å². The Morgan fingerprint density at radius 2 is 2.06 bits per heavy atom. The van der Waals surface area contributed by atoms with Gasteiger partial charge in [0.25, 0.3) is 0 Å². The van der Waals surface area contributed by atoms with E-state index in [1.807, 2.05) is 4.90 Å². The number of amides is 2. The molecule has 0 aromatic carbocycles. The minimum atomic E-state index is -0.367. The third-order valence-electron chi connectivity index (χ3n) is 3.99. The fraction of sp³-hybridized carbons (Fsp3) is 0.846. The summed E-state index contributed by atoms with van der Waals surface area (Å²) in [5.41, 5.74) is 0.331. The highest BCUT2D eigenvalue weighted by Crippen LogP contribution is 2.39. The van der Waals surface area contributed by atoms with Gasteiger partial charge < -0.3 is 10.2 Å². The number of rotatable bonds is 1. The molecular weight excluding hydrogens is 216 g/mol. The fourth-order valence-corrected chi connectivity index (χ4v) is 2.98. The van der Waals surface area contributed by atoms with E-state index in [4.69, 9.17) is 0 Å². The van der Waals surface area contributed by atoms with Crippen molar-refractivity contribution in [3.8, 4) is 0 Å². The Hall–Kier alpha value is -1.06. The fourth-order valence-electron chi connectivity index (χ4n) is 2.98. The van der Waals surface area contributed by atoms with Gasteiger partial charge in [-0.1, -0.05) is 13.8 Å². The van der Waals surface area contributed by atoms with Crippen LogP contribution in [0.4, 0.5) is 0 Å². The highest BCUT2D eigenvalue weighted by molar-refractivity contribution is 5.89. The van der Waals surface area contributed by atoms with Gasteiger partial charge in [-0.3, -0.25) is 9.59 Å². The standard InChI is InChI=1S/C13H22N2O2/c1-9-12(17)15(7-5-11(16)14-9)10-4-6-13(2,3)8-10/h9-10H,4-8H2,1-3H3,(H,14,16). The number of nitrogens with one attached hydrogen (secondary N) is 1. The van der Waals surface area contributed by atoms with E-state index in [2.05, 4.69) is 19.2 Å². The normalized spacial score (nSPS) is 33.5. The summed E-state index contributed by atoms with van der Waals surface area (Å²) in [5.74, 6) is 0.0733. The summed E-state index contributed by atoms with van der Waals surface area (Å²) < 4.78 is 0. The second-order valence-electron chi connectivity index (χ2n) is 6.13. The van der Waals surface area contributed by atoms with Crippen molar-refractivity contribution in [2.24, 2.45) is 5.41 Å². The number of carbonyl (C=O) groups is 2. The van der Waals surface area contributed by atoms with Crippen LogP contribution in [0, 0.1) is 5.41 Å². The molecule has 1 saturated heterocycles. The van der Waals surface area contributed by atoms with E-state index in [1.54, 1.807) is 6.92 Å². The molecule has 1 aliphatic carbocycles. The van der Waals surface area contributed by atoms with Crippen molar-refractivity contribution in [1.29, 1.82) is 0 Å². The number of nitrogens with zero attached hydrogens (tertiary/aromatic N) is 1. The monoisotopic (exact) mass is 238 g/mol. The summed E-state index contributed by atoms with van der Waals surface area (Å²) in [4.78, 5) is 25.6. The minimum Gasteiger partial charge on any atom is -0.345 e. The van der Waals surface area contributed by atoms with Crippen molar-refractivity contribution >= 4 is 11.8 Å². The zero-order valence-electron chi connectivity index (χ0n) is 11.0. The van der Waals surface area contributed by atoms with Crippen molar-refractivity contribution in [3.63, 3.8) is 0 Å². The van der Waals surface area contributed by atoms with E-state index in [-0.39, 0.29) is 17.9 Å². The average molecular weight is 238 g/mol. The van der Waals surface area contributed by atoms with Gasteiger partial charge in [-0.2, -0.15) is 0 Å². The molecule has 1 heterocycles. The second kappa shape index (κ2) is 4.31. The van der Waals surface area contributed by atoms with Gasteiger partial charge in [0.15, 0.2) is 0 Å². The Kier molecular flexibility index (Phi) is 3.15. The predicted molar refractivity (Wildman–Crippen MR) is 65.4 cm³/mol. The van der Waals surface area contributed by atoms with Gasteiger partial charge in [-0.05, 0) is 31.6 Å². The van der Waals surface area contributed by atoms with Gasteiger partial charge in [-0.15, -0.1) is 0 Å². The Morgan fingerprint density at radius 3 is 2.65 bits per heavy atom. The van der Waals surface area contributed by atoms with Gasteiger partial charge in [-0.25, -0.2) is 0 Å². The van der Waals surface area contributed by atoms with E-state index < -0.39 is 0 Å². The summed E-state index contributed by atoms with van der Waals surface area (Å²) in [5, 5.41) is 2.74. The third-order valence-corrected chi connectivity index (χ3v) is 3.99. The van der Waals surface area contributed by atoms with Crippen molar-refractivity contribution in [1.82, 2.24) is 10.2 Å². The minimum absolute atomic E-state index is 0.00870. The predicted octanol–water partition coefficient (Wildman–Crippen LogP) is 1.30. The molecule has 2 amide bonds. The molecular formula is C13H22N2O2. The SMILES string of the molecule is CC1NC(=O)CCN(C2CCC(C)(C)C2)C1=O. The number of carbonyl (C=O) groups excluding carboxylic acids is 2. The number of hydrogen-bond acceptors (Lipinski definition) is 2. The van der Waals surface area contributed by atoms with Crippen LogP contribution in [-0.2, 0) is 9.59 Å². The molecule has 4 nitrogen and oxygen atoms in total. The topological polar surface area (TPSA) is 49.4 Å². The molecule has 2 rings (SSSR count). The molecule has 2 atom stereocenters. The zero-order chi connectivity index (χ0) is 12.6. The Labute approximate surface area is 103 Å². The molecule has 0 aromatic rings. The molecule has 2 aliphatic rings. The van der Waals surface area contributed by atoms with E-state index in [0.29, 0.717) is 24.4 Å². The molecule has 1 N–H and O–H groups in total.